The number of hydrogen-bond acceptors (Lipinski definition) is 5. The van der Waals surface area contributed by atoms with Crippen molar-refractivity contribution >= 4 is 30.1 Å². The molecule has 1 amide bonds. The molecular weight excluding hydrogens is 350 g/mol. The van der Waals surface area contributed by atoms with Gasteiger partial charge in [0.05, 0.1) is 0 Å². The van der Waals surface area contributed by atoms with Crippen molar-refractivity contribution in [2.75, 3.05) is 42.5 Å². The van der Waals surface area contributed by atoms with Gasteiger partial charge in [0.2, 0.25) is 11.9 Å². The minimum Gasteiger partial charge on any atom is -0.338 e. The summed E-state index contributed by atoms with van der Waals surface area (Å²) in [6.07, 6.45) is 3.30. The van der Waals surface area contributed by atoms with Gasteiger partial charge in [0, 0.05) is 51.9 Å². The Hall–Kier alpha value is -2.18. The molecule has 4 rings (SSSR count). The molecule has 2 aliphatic heterocycles. The van der Waals surface area contributed by atoms with Gasteiger partial charge in [0.1, 0.15) is 5.82 Å². The topological polar surface area (TPSA) is 52.6 Å². The Kier molecular flexibility index (Phi) is 6.06. The van der Waals surface area contributed by atoms with Crippen LogP contribution in [0.4, 0.5) is 11.8 Å². The molecule has 0 bridgehead atoms. The van der Waals surface area contributed by atoms with Crippen molar-refractivity contribution in [2.24, 2.45) is 0 Å². The fourth-order valence-electron chi connectivity index (χ4n) is 3.48. The zero-order chi connectivity index (χ0) is 17.1. The third-order valence-electron chi connectivity index (χ3n) is 4.88. The molecule has 3 heterocycles. The standard InChI is InChI=1S/C19H23N5O.ClH/c25-18-7-4-10-24(18)17-8-9-20-19(21-17)23-13-11-22(12-14-23)15-16-5-2-1-3-6-16;/h1-3,5-6,8-9H,4,7,10-15H2;1H. The second-order valence-corrected chi connectivity index (χ2v) is 6.61. The van der Waals surface area contributed by atoms with Gasteiger partial charge in [-0.2, -0.15) is 4.98 Å². The predicted molar refractivity (Wildman–Crippen MR) is 105 cm³/mol. The van der Waals surface area contributed by atoms with E-state index in [1.54, 1.807) is 11.1 Å². The van der Waals surface area contributed by atoms with Crippen molar-refractivity contribution in [1.82, 2.24) is 14.9 Å². The fourth-order valence-corrected chi connectivity index (χ4v) is 3.48. The Morgan fingerprint density at radius 1 is 0.962 bits per heavy atom. The molecular formula is C19H24ClN5O. The molecule has 2 fully saturated rings. The summed E-state index contributed by atoms with van der Waals surface area (Å²) in [5.41, 5.74) is 1.35. The number of hydrogen-bond donors (Lipinski definition) is 0. The Labute approximate surface area is 160 Å². The molecule has 0 spiro atoms. The number of carbonyl (C=O) groups is 1. The van der Waals surface area contributed by atoms with Crippen molar-refractivity contribution in [2.45, 2.75) is 19.4 Å². The van der Waals surface area contributed by atoms with Crippen molar-refractivity contribution in [1.29, 1.82) is 0 Å². The van der Waals surface area contributed by atoms with Crippen LogP contribution >= 0.6 is 12.4 Å². The lowest BCUT2D eigenvalue weighted by molar-refractivity contribution is -0.117. The van der Waals surface area contributed by atoms with Gasteiger partial charge < -0.3 is 4.90 Å². The summed E-state index contributed by atoms with van der Waals surface area (Å²) >= 11 is 0. The van der Waals surface area contributed by atoms with Crippen molar-refractivity contribution in [3.05, 3.63) is 48.2 Å². The molecule has 0 aliphatic carbocycles. The second-order valence-electron chi connectivity index (χ2n) is 6.61. The number of piperazine rings is 1. The summed E-state index contributed by atoms with van der Waals surface area (Å²) < 4.78 is 0. The van der Waals surface area contributed by atoms with E-state index in [0.29, 0.717) is 6.42 Å². The number of amides is 1. The molecule has 0 radical (unpaired) electrons. The molecule has 138 valence electrons. The molecule has 26 heavy (non-hydrogen) atoms. The monoisotopic (exact) mass is 373 g/mol. The first kappa shape index (κ1) is 18.6. The zero-order valence-corrected chi connectivity index (χ0v) is 15.6. The number of aromatic nitrogens is 2. The van der Waals surface area contributed by atoms with E-state index in [4.69, 9.17) is 0 Å². The smallest absolute Gasteiger partial charge is 0.228 e. The molecule has 0 unspecified atom stereocenters. The number of halogens is 1. The molecule has 2 saturated heterocycles. The first-order valence-electron chi connectivity index (χ1n) is 8.94. The van der Waals surface area contributed by atoms with Gasteiger partial charge in [-0.15, -0.1) is 12.4 Å². The van der Waals surface area contributed by atoms with Crippen LogP contribution in [0.3, 0.4) is 0 Å². The largest absolute Gasteiger partial charge is 0.338 e. The summed E-state index contributed by atoms with van der Waals surface area (Å²) in [7, 11) is 0. The van der Waals surface area contributed by atoms with E-state index in [9.17, 15) is 4.79 Å². The first-order chi connectivity index (χ1) is 12.3. The number of rotatable bonds is 4. The second kappa shape index (κ2) is 8.47. The third-order valence-corrected chi connectivity index (χ3v) is 4.88. The average Bonchev–Trinajstić information content (AvgIpc) is 3.09. The van der Waals surface area contributed by atoms with E-state index in [2.05, 4.69) is 50.1 Å². The zero-order valence-electron chi connectivity index (χ0n) is 14.8. The molecule has 6 nitrogen and oxygen atoms in total. The van der Waals surface area contributed by atoms with Crippen LogP contribution in [0.1, 0.15) is 18.4 Å². The Bertz CT molecular complexity index is 734. The van der Waals surface area contributed by atoms with E-state index in [0.717, 1.165) is 57.5 Å². The van der Waals surface area contributed by atoms with Gasteiger partial charge in [-0.1, -0.05) is 30.3 Å². The summed E-state index contributed by atoms with van der Waals surface area (Å²) in [5.74, 6) is 1.63. The van der Waals surface area contributed by atoms with Crippen LogP contribution in [0.2, 0.25) is 0 Å². The molecule has 2 aromatic rings. The summed E-state index contributed by atoms with van der Waals surface area (Å²) in [4.78, 5) is 27.4. The maximum Gasteiger partial charge on any atom is 0.228 e. The van der Waals surface area contributed by atoms with E-state index in [1.807, 2.05) is 6.07 Å². The molecule has 2 aliphatic rings. The van der Waals surface area contributed by atoms with Crippen molar-refractivity contribution in [3.63, 3.8) is 0 Å². The van der Waals surface area contributed by atoms with E-state index in [1.165, 1.54) is 5.56 Å². The minimum absolute atomic E-state index is 0. The van der Waals surface area contributed by atoms with Gasteiger partial charge in [-0.3, -0.25) is 14.6 Å². The average molecular weight is 374 g/mol. The Morgan fingerprint density at radius 3 is 2.42 bits per heavy atom. The molecule has 1 aromatic heterocycles. The van der Waals surface area contributed by atoms with E-state index < -0.39 is 0 Å². The van der Waals surface area contributed by atoms with Crippen LogP contribution in [0.25, 0.3) is 0 Å². The molecule has 0 saturated carbocycles. The van der Waals surface area contributed by atoms with Crippen LogP contribution in [0.5, 0.6) is 0 Å². The summed E-state index contributed by atoms with van der Waals surface area (Å²) in [6, 6.07) is 12.4. The van der Waals surface area contributed by atoms with Crippen LogP contribution in [-0.2, 0) is 11.3 Å². The summed E-state index contributed by atoms with van der Waals surface area (Å²) in [5, 5.41) is 0. The quantitative estimate of drug-likeness (QED) is 0.823. The number of carbonyl (C=O) groups excluding carboxylic acids is 1. The minimum atomic E-state index is 0. The predicted octanol–water partition coefficient (Wildman–Crippen LogP) is 2.35. The summed E-state index contributed by atoms with van der Waals surface area (Å²) in [6.45, 7) is 5.54. The van der Waals surface area contributed by atoms with Crippen LogP contribution < -0.4 is 9.80 Å². The van der Waals surface area contributed by atoms with Crippen molar-refractivity contribution < 1.29 is 4.79 Å². The third kappa shape index (κ3) is 4.14. The van der Waals surface area contributed by atoms with Crippen LogP contribution in [-0.4, -0.2) is 53.5 Å². The van der Waals surface area contributed by atoms with Gasteiger partial charge in [-0.25, -0.2) is 4.98 Å². The highest BCUT2D eigenvalue weighted by Crippen LogP contribution is 2.21. The Morgan fingerprint density at radius 2 is 1.73 bits per heavy atom. The number of nitrogens with zero attached hydrogens (tertiary/aromatic N) is 5. The highest BCUT2D eigenvalue weighted by atomic mass is 35.5. The van der Waals surface area contributed by atoms with Gasteiger partial charge >= 0.3 is 0 Å². The molecule has 7 heteroatoms. The van der Waals surface area contributed by atoms with Gasteiger partial charge in [-0.05, 0) is 18.1 Å². The van der Waals surface area contributed by atoms with E-state index >= 15 is 0 Å². The maximum absolute atomic E-state index is 11.9. The normalized spacial score (nSPS) is 18.1. The highest BCUT2D eigenvalue weighted by molar-refractivity contribution is 5.94. The molecule has 0 atom stereocenters. The first-order valence-corrected chi connectivity index (χ1v) is 8.94. The highest BCUT2D eigenvalue weighted by Gasteiger charge is 2.24. The van der Waals surface area contributed by atoms with Crippen LogP contribution in [0.15, 0.2) is 42.6 Å². The van der Waals surface area contributed by atoms with Gasteiger partial charge in [0.15, 0.2) is 0 Å². The number of benzene rings is 1. The molecule has 1 aromatic carbocycles. The van der Waals surface area contributed by atoms with E-state index in [-0.39, 0.29) is 18.3 Å². The molecule has 0 N–H and O–H groups in total. The lowest BCUT2D eigenvalue weighted by Crippen LogP contribution is -2.46. The van der Waals surface area contributed by atoms with Gasteiger partial charge in [0.25, 0.3) is 0 Å². The number of anilines is 2. The lowest BCUT2D eigenvalue weighted by atomic mass is 10.2. The SMILES string of the molecule is Cl.O=C1CCCN1c1ccnc(N2CCN(Cc3ccccc3)CC2)n1. The van der Waals surface area contributed by atoms with Crippen LogP contribution in [0, 0.1) is 0 Å². The van der Waals surface area contributed by atoms with Crippen molar-refractivity contribution in [3.8, 4) is 0 Å². The maximum atomic E-state index is 11.9. The Balaban J connectivity index is 0.00000196. The fraction of sp³-hybridized carbons (Fsp3) is 0.421. The lowest BCUT2D eigenvalue weighted by Gasteiger charge is -2.35.